The molecule has 9 heteroatoms. The van der Waals surface area contributed by atoms with Gasteiger partial charge in [0, 0.05) is 11.7 Å². The molecule has 0 fully saturated rings. The first-order valence-electron chi connectivity index (χ1n) is 10.7. The van der Waals surface area contributed by atoms with E-state index in [4.69, 9.17) is 9.47 Å². The molecule has 0 spiro atoms. The maximum atomic E-state index is 12.2. The van der Waals surface area contributed by atoms with Gasteiger partial charge < -0.3 is 20.1 Å². The van der Waals surface area contributed by atoms with Crippen molar-refractivity contribution in [3.63, 3.8) is 0 Å². The fourth-order valence-electron chi connectivity index (χ4n) is 2.70. The molecule has 2 rings (SSSR count). The van der Waals surface area contributed by atoms with Crippen LogP contribution in [0, 0.1) is 0 Å². The van der Waals surface area contributed by atoms with E-state index in [1.54, 1.807) is 32.0 Å². The summed E-state index contributed by atoms with van der Waals surface area (Å²) in [6.45, 7) is 7.59. The molecule has 3 amide bonds. The molecule has 0 bridgehead atoms. The Morgan fingerprint density at radius 3 is 2.33 bits per heavy atom. The molecule has 3 N–H and O–H groups in total. The average Bonchev–Trinajstić information content (AvgIpc) is 2.78. The van der Waals surface area contributed by atoms with Crippen LogP contribution >= 0.6 is 0 Å². The molecule has 0 unspecified atom stereocenters. The Morgan fingerprint density at radius 2 is 1.70 bits per heavy atom. The predicted molar refractivity (Wildman–Crippen MR) is 127 cm³/mol. The minimum Gasteiger partial charge on any atom is -0.490 e. The second-order valence-corrected chi connectivity index (χ2v) is 7.35. The van der Waals surface area contributed by atoms with Gasteiger partial charge in [0.1, 0.15) is 0 Å². The Kier molecular flexibility index (Phi) is 9.88. The fourth-order valence-corrected chi connectivity index (χ4v) is 2.70. The van der Waals surface area contributed by atoms with E-state index in [1.807, 2.05) is 31.2 Å². The van der Waals surface area contributed by atoms with Crippen molar-refractivity contribution in [2.24, 2.45) is 5.10 Å². The number of rotatable bonds is 10. The average molecular weight is 455 g/mol. The molecule has 9 nitrogen and oxygen atoms in total. The van der Waals surface area contributed by atoms with Gasteiger partial charge in [-0.2, -0.15) is 5.10 Å². The van der Waals surface area contributed by atoms with Crippen LogP contribution in [0.2, 0.25) is 0 Å². The molecule has 0 saturated heterocycles. The number of carbonyl (C=O) groups excluding carboxylic acids is 3. The van der Waals surface area contributed by atoms with Crippen molar-refractivity contribution >= 4 is 29.6 Å². The molecule has 2 aromatic rings. The van der Waals surface area contributed by atoms with Gasteiger partial charge in [0.2, 0.25) is 0 Å². The number of amides is 3. The Bertz CT molecular complexity index is 987. The van der Waals surface area contributed by atoms with Gasteiger partial charge in [-0.25, -0.2) is 5.43 Å². The zero-order chi connectivity index (χ0) is 24.2. The minimum atomic E-state index is -0.861. The van der Waals surface area contributed by atoms with E-state index in [0.717, 1.165) is 6.42 Å². The molecule has 0 aliphatic carbocycles. The van der Waals surface area contributed by atoms with E-state index >= 15 is 0 Å². The van der Waals surface area contributed by atoms with Gasteiger partial charge in [0.05, 0.1) is 12.8 Å². The second-order valence-electron chi connectivity index (χ2n) is 7.35. The number of hydrogen-bond donors (Lipinski definition) is 3. The Labute approximate surface area is 193 Å². The van der Waals surface area contributed by atoms with Crippen LogP contribution in [0.1, 0.15) is 38.8 Å². The van der Waals surface area contributed by atoms with Crippen molar-refractivity contribution in [1.29, 1.82) is 0 Å². The summed E-state index contributed by atoms with van der Waals surface area (Å²) in [5.41, 5.74) is 4.66. The quantitative estimate of drug-likeness (QED) is 0.290. The fraction of sp³-hybridized carbons (Fsp3) is 0.333. The maximum Gasteiger partial charge on any atom is 0.329 e. The summed E-state index contributed by atoms with van der Waals surface area (Å²) in [7, 11) is 0. The lowest BCUT2D eigenvalue weighted by Gasteiger charge is -2.13. The molecule has 0 aliphatic rings. The third-order valence-electron chi connectivity index (χ3n) is 4.28. The van der Waals surface area contributed by atoms with Gasteiger partial charge in [0.15, 0.2) is 18.1 Å². The van der Waals surface area contributed by atoms with Crippen molar-refractivity contribution in [1.82, 2.24) is 10.7 Å². The van der Waals surface area contributed by atoms with Gasteiger partial charge in [0.25, 0.3) is 5.91 Å². The van der Waals surface area contributed by atoms with Gasteiger partial charge >= 0.3 is 11.8 Å². The maximum absolute atomic E-state index is 12.2. The summed E-state index contributed by atoms with van der Waals surface area (Å²) in [6, 6.07) is 12.4. The Balaban J connectivity index is 1.95. The van der Waals surface area contributed by atoms with Crippen LogP contribution < -0.4 is 25.5 Å². The first-order chi connectivity index (χ1) is 15.8. The van der Waals surface area contributed by atoms with Crippen molar-refractivity contribution in [2.45, 2.75) is 40.2 Å². The van der Waals surface area contributed by atoms with Crippen molar-refractivity contribution in [3.05, 3.63) is 53.6 Å². The van der Waals surface area contributed by atoms with Crippen LogP contribution in [0.25, 0.3) is 0 Å². The van der Waals surface area contributed by atoms with E-state index in [1.165, 1.54) is 11.8 Å². The molecule has 0 radical (unpaired) electrons. The molecule has 176 valence electrons. The van der Waals surface area contributed by atoms with Crippen molar-refractivity contribution in [2.75, 3.05) is 18.5 Å². The zero-order valence-corrected chi connectivity index (χ0v) is 19.3. The molecule has 0 aliphatic heterocycles. The smallest absolute Gasteiger partial charge is 0.329 e. The van der Waals surface area contributed by atoms with Crippen LogP contribution in [0.4, 0.5) is 5.69 Å². The van der Waals surface area contributed by atoms with Gasteiger partial charge in [-0.05, 0) is 68.7 Å². The largest absolute Gasteiger partial charge is 0.490 e. The SMILES string of the molecule is CCOc1cc(/C=N\NC(=O)C(=O)NC(C)C)ccc1OCC(=O)Nc1ccc(CC)cc1. The number of carbonyl (C=O) groups is 3. The molecule has 0 atom stereocenters. The van der Waals surface area contributed by atoms with Crippen LogP contribution in [0.3, 0.4) is 0 Å². The number of ether oxygens (including phenoxy) is 2. The number of anilines is 1. The highest BCUT2D eigenvalue weighted by molar-refractivity contribution is 6.35. The highest BCUT2D eigenvalue weighted by Crippen LogP contribution is 2.28. The number of benzene rings is 2. The van der Waals surface area contributed by atoms with Crippen molar-refractivity contribution < 1.29 is 23.9 Å². The summed E-state index contributed by atoms with van der Waals surface area (Å²) in [4.78, 5) is 35.5. The van der Waals surface area contributed by atoms with Crippen LogP contribution in [-0.4, -0.2) is 43.2 Å². The number of hydrazone groups is 1. The highest BCUT2D eigenvalue weighted by Gasteiger charge is 2.13. The van der Waals surface area contributed by atoms with E-state index in [-0.39, 0.29) is 18.6 Å². The normalized spacial score (nSPS) is 10.7. The summed E-state index contributed by atoms with van der Waals surface area (Å²) >= 11 is 0. The third kappa shape index (κ3) is 8.64. The van der Waals surface area contributed by atoms with Crippen LogP contribution in [0.5, 0.6) is 11.5 Å². The molecule has 2 aromatic carbocycles. The minimum absolute atomic E-state index is 0.155. The zero-order valence-electron chi connectivity index (χ0n) is 19.3. The number of nitrogens with one attached hydrogen (secondary N) is 3. The lowest BCUT2D eigenvalue weighted by Crippen LogP contribution is -2.41. The third-order valence-corrected chi connectivity index (χ3v) is 4.28. The molecule has 0 heterocycles. The molecule has 33 heavy (non-hydrogen) atoms. The van der Waals surface area contributed by atoms with Gasteiger partial charge in [-0.15, -0.1) is 0 Å². The highest BCUT2D eigenvalue weighted by atomic mass is 16.5. The number of aryl methyl sites for hydroxylation is 1. The standard InChI is InChI=1S/C24H30N4O5/c1-5-17-7-10-19(11-8-17)27-22(29)15-33-20-12-9-18(13-21(20)32-6-2)14-25-28-24(31)23(30)26-16(3)4/h7-14,16H,5-6,15H2,1-4H3,(H,26,30)(H,27,29)(H,28,31)/b25-14-. The monoisotopic (exact) mass is 454 g/mol. The summed E-state index contributed by atoms with van der Waals surface area (Å²) in [6.07, 6.45) is 2.30. The van der Waals surface area contributed by atoms with E-state index in [2.05, 4.69) is 28.1 Å². The summed E-state index contributed by atoms with van der Waals surface area (Å²) in [5, 5.41) is 9.05. The molecular weight excluding hydrogens is 424 g/mol. The van der Waals surface area contributed by atoms with Crippen molar-refractivity contribution in [3.8, 4) is 11.5 Å². The van der Waals surface area contributed by atoms with E-state index in [9.17, 15) is 14.4 Å². The number of nitrogens with zero attached hydrogens (tertiary/aromatic N) is 1. The lowest BCUT2D eigenvalue weighted by molar-refractivity contribution is -0.139. The van der Waals surface area contributed by atoms with E-state index in [0.29, 0.717) is 29.4 Å². The Morgan fingerprint density at radius 1 is 0.970 bits per heavy atom. The summed E-state index contributed by atoms with van der Waals surface area (Å²) in [5.74, 6) is -1.10. The molecule has 0 saturated carbocycles. The molecular formula is C24H30N4O5. The predicted octanol–water partition coefficient (Wildman–Crippen LogP) is 2.64. The van der Waals surface area contributed by atoms with Gasteiger partial charge in [-0.1, -0.05) is 19.1 Å². The van der Waals surface area contributed by atoms with E-state index < -0.39 is 11.8 Å². The van der Waals surface area contributed by atoms with Crippen LogP contribution in [0.15, 0.2) is 47.6 Å². The Hall–Kier alpha value is -3.88. The second kappa shape index (κ2) is 12.8. The molecule has 0 aromatic heterocycles. The van der Waals surface area contributed by atoms with Gasteiger partial charge in [-0.3, -0.25) is 14.4 Å². The summed E-state index contributed by atoms with van der Waals surface area (Å²) < 4.78 is 11.2. The number of hydrogen-bond acceptors (Lipinski definition) is 6. The lowest BCUT2D eigenvalue weighted by atomic mass is 10.1. The first-order valence-corrected chi connectivity index (χ1v) is 10.7. The topological polar surface area (TPSA) is 118 Å². The van der Waals surface area contributed by atoms with Crippen LogP contribution in [-0.2, 0) is 20.8 Å². The first kappa shape index (κ1) is 25.4.